The predicted octanol–water partition coefficient (Wildman–Crippen LogP) is 2.16. The van der Waals surface area contributed by atoms with Crippen molar-refractivity contribution < 1.29 is 4.79 Å². The molecule has 0 aromatic heterocycles. The number of halogens is 1. The van der Waals surface area contributed by atoms with Crippen LogP contribution in [-0.2, 0) is 10.3 Å². The molecule has 2 rings (SSSR count). The molecule has 0 spiro atoms. The van der Waals surface area contributed by atoms with Gasteiger partial charge in [-0.05, 0) is 43.6 Å². The summed E-state index contributed by atoms with van der Waals surface area (Å²) in [5, 5.41) is 6.47. The van der Waals surface area contributed by atoms with Gasteiger partial charge in [0.2, 0.25) is 5.91 Å². The van der Waals surface area contributed by atoms with Crippen LogP contribution in [0.1, 0.15) is 25.3 Å². The summed E-state index contributed by atoms with van der Waals surface area (Å²) in [5.74, 6) is 0.0369. The summed E-state index contributed by atoms with van der Waals surface area (Å²) in [4.78, 5) is 11.4. The van der Waals surface area contributed by atoms with Crippen LogP contribution in [0, 0.1) is 0 Å². The van der Waals surface area contributed by atoms with Crippen LogP contribution in [-0.4, -0.2) is 19.0 Å². The van der Waals surface area contributed by atoms with Gasteiger partial charge in [-0.3, -0.25) is 4.79 Å². The van der Waals surface area contributed by atoms with E-state index in [1.54, 1.807) is 6.92 Å². The second-order valence-corrected chi connectivity index (χ2v) is 5.44. The molecule has 2 N–H and O–H groups in total. The van der Waals surface area contributed by atoms with E-state index in [1.807, 2.05) is 12.1 Å². The molecule has 1 aromatic carbocycles. The lowest BCUT2D eigenvalue weighted by Gasteiger charge is -2.38. The first-order valence-electron chi connectivity index (χ1n) is 5.88. The summed E-state index contributed by atoms with van der Waals surface area (Å²) >= 11 is 3.44. The summed E-state index contributed by atoms with van der Waals surface area (Å²) in [5.41, 5.74) is 0.995. The van der Waals surface area contributed by atoms with Crippen LogP contribution in [0.25, 0.3) is 0 Å². The number of rotatable bonds is 2. The van der Waals surface area contributed by atoms with Gasteiger partial charge in [0.25, 0.3) is 0 Å². The highest BCUT2D eigenvalue weighted by Gasteiger charge is 2.34. The highest BCUT2D eigenvalue weighted by Crippen LogP contribution is 2.31. The molecule has 0 aliphatic carbocycles. The Labute approximate surface area is 110 Å². The molecule has 0 radical (unpaired) electrons. The highest BCUT2D eigenvalue weighted by atomic mass is 79.9. The van der Waals surface area contributed by atoms with Gasteiger partial charge in [-0.25, -0.2) is 0 Å². The zero-order valence-corrected chi connectivity index (χ0v) is 11.5. The molecule has 0 atom stereocenters. The van der Waals surface area contributed by atoms with Crippen molar-refractivity contribution in [2.24, 2.45) is 0 Å². The number of carbonyl (C=O) groups excluding carboxylic acids is 1. The summed E-state index contributed by atoms with van der Waals surface area (Å²) in [6, 6.07) is 8.23. The van der Waals surface area contributed by atoms with E-state index < -0.39 is 0 Å². The minimum Gasteiger partial charge on any atom is -0.347 e. The monoisotopic (exact) mass is 296 g/mol. The zero-order valence-electron chi connectivity index (χ0n) is 9.92. The molecule has 92 valence electrons. The van der Waals surface area contributed by atoms with Gasteiger partial charge in [0.15, 0.2) is 0 Å². The van der Waals surface area contributed by atoms with Crippen molar-refractivity contribution >= 4 is 21.8 Å². The van der Waals surface area contributed by atoms with Crippen molar-refractivity contribution in [3.8, 4) is 0 Å². The lowest BCUT2D eigenvalue weighted by molar-refractivity contribution is -0.121. The molecule has 0 unspecified atom stereocenters. The molecule has 4 heteroatoms. The lowest BCUT2D eigenvalue weighted by Crippen LogP contribution is -2.51. The summed E-state index contributed by atoms with van der Waals surface area (Å²) in [6.07, 6.45) is 1.88. The van der Waals surface area contributed by atoms with Crippen LogP contribution in [0.3, 0.4) is 0 Å². The SMILES string of the molecule is CC(=O)NC1(c2ccc(Br)cc2)CCNCC1. The van der Waals surface area contributed by atoms with E-state index in [1.165, 1.54) is 5.56 Å². The van der Waals surface area contributed by atoms with Crippen molar-refractivity contribution in [2.75, 3.05) is 13.1 Å². The fourth-order valence-corrected chi connectivity index (χ4v) is 2.71. The van der Waals surface area contributed by atoms with Crippen LogP contribution in [0.2, 0.25) is 0 Å². The van der Waals surface area contributed by atoms with Crippen molar-refractivity contribution in [2.45, 2.75) is 25.3 Å². The fourth-order valence-electron chi connectivity index (χ4n) is 2.45. The molecular formula is C13H17BrN2O. The average Bonchev–Trinajstić information content (AvgIpc) is 2.30. The molecule has 17 heavy (non-hydrogen) atoms. The van der Waals surface area contributed by atoms with Gasteiger partial charge in [0.05, 0.1) is 5.54 Å². The maximum Gasteiger partial charge on any atom is 0.217 e. The number of nitrogens with one attached hydrogen (secondary N) is 2. The van der Waals surface area contributed by atoms with E-state index in [0.29, 0.717) is 0 Å². The standard InChI is InChI=1S/C13H17BrN2O/c1-10(17)16-13(6-8-15-9-7-13)11-2-4-12(14)5-3-11/h2-5,15H,6-9H2,1H3,(H,16,17). The third-order valence-electron chi connectivity index (χ3n) is 3.27. The molecule has 3 nitrogen and oxygen atoms in total. The Bertz CT molecular complexity index is 396. The number of hydrogen-bond donors (Lipinski definition) is 2. The smallest absolute Gasteiger partial charge is 0.217 e. The first kappa shape index (κ1) is 12.6. The Hall–Kier alpha value is -0.870. The number of hydrogen-bond acceptors (Lipinski definition) is 2. The maximum atomic E-state index is 11.4. The van der Waals surface area contributed by atoms with Crippen molar-refractivity contribution in [1.82, 2.24) is 10.6 Å². The van der Waals surface area contributed by atoms with Crippen molar-refractivity contribution in [1.29, 1.82) is 0 Å². The minimum atomic E-state index is -0.197. The topological polar surface area (TPSA) is 41.1 Å². The maximum absolute atomic E-state index is 11.4. The molecule has 0 saturated carbocycles. The minimum absolute atomic E-state index is 0.0369. The van der Waals surface area contributed by atoms with E-state index in [4.69, 9.17) is 0 Å². The van der Waals surface area contributed by atoms with Gasteiger partial charge in [0, 0.05) is 11.4 Å². The summed E-state index contributed by atoms with van der Waals surface area (Å²) in [7, 11) is 0. The number of amides is 1. The second-order valence-electron chi connectivity index (χ2n) is 4.52. The molecule has 1 aromatic rings. The van der Waals surface area contributed by atoms with E-state index in [9.17, 15) is 4.79 Å². The molecule has 0 bridgehead atoms. The number of piperidine rings is 1. The normalized spacial score (nSPS) is 18.7. The van der Waals surface area contributed by atoms with Crippen LogP contribution in [0.15, 0.2) is 28.7 Å². The average molecular weight is 297 g/mol. The molecule has 1 amide bonds. The van der Waals surface area contributed by atoms with Crippen molar-refractivity contribution in [3.05, 3.63) is 34.3 Å². The second kappa shape index (κ2) is 5.19. The first-order valence-corrected chi connectivity index (χ1v) is 6.67. The van der Waals surface area contributed by atoms with Gasteiger partial charge in [0.1, 0.15) is 0 Å². The molecule has 1 fully saturated rings. The Morgan fingerprint density at radius 2 is 1.88 bits per heavy atom. The van der Waals surface area contributed by atoms with Gasteiger partial charge in [-0.2, -0.15) is 0 Å². The van der Waals surface area contributed by atoms with Gasteiger partial charge in [-0.1, -0.05) is 28.1 Å². The summed E-state index contributed by atoms with van der Waals surface area (Å²) < 4.78 is 1.06. The molecule has 1 heterocycles. The quantitative estimate of drug-likeness (QED) is 0.878. The predicted molar refractivity (Wildman–Crippen MR) is 71.7 cm³/mol. The number of benzene rings is 1. The third kappa shape index (κ3) is 2.87. The van der Waals surface area contributed by atoms with Crippen molar-refractivity contribution in [3.63, 3.8) is 0 Å². The Morgan fingerprint density at radius 1 is 1.29 bits per heavy atom. The highest BCUT2D eigenvalue weighted by molar-refractivity contribution is 9.10. The molecule has 1 aliphatic rings. The lowest BCUT2D eigenvalue weighted by atomic mass is 9.81. The molecular weight excluding hydrogens is 280 g/mol. The van der Waals surface area contributed by atoms with Gasteiger partial charge < -0.3 is 10.6 Å². The molecule has 1 aliphatic heterocycles. The van der Waals surface area contributed by atoms with E-state index >= 15 is 0 Å². The largest absolute Gasteiger partial charge is 0.347 e. The van der Waals surface area contributed by atoms with E-state index in [-0.39, 0.29) is 11.4 Å². The Kier molecular flexibility index (Phi) is 3.84. The van der Waals surface area contributed by atoms with Gasteiger partial charge >= 0.3 is 0 Å². The van der Waals surface area contributed by atoms with E-state index in [2.05, 4.69) is 38.7 Å². The first-order chi connectivity index (χ1) is 8.12. The van der Waals surface area contributed by atoms with Crippen LogP contribution >= 0.6 is 15.9 Å². The fraction of sp³-hybridized carbons (Fsp3) is 0.462. The van der Waals surface area contributed by atoms with Crippen LogP contribution in [0.4, 0.5) is 0 Å². The van der Waals surface area contributed by atoms with E-state index in [0.717, 1.165) is 30.4 Å². The van der Waals surface area contributed by atoms with Crippen LogP contribution in [0.5, 0.6) is 0 Å². The third-order valence-corrected chi connectivity index (χ3v) is 3.80. The Balaban J connectivity index is 2.31. The zero-order chi connectivity index (χ0) is 12.3. The van der Waals surface area contributed by atoms with Crippen LogP contribution < -0.4 is 10.6 Å². The summed E-state index contributed by atoms with van der Waals surface area (Å²) in [6.45, 7) is 3.47. The van der Waals surface area contributed by atoms with Gasteiger partial charge in [-0.15, -0.1) is 0 Å². The number of carbonyl (C=O) groups is 1. The molecule has 1 saturated heterocycles. The Morgan fingerprint density at radius 3 is 2.41 bits per heavy atom.